The molecule has 0 spiro atoms. The Labute approximate surface area is 122 Å². The second-order valence-electron chi connectivity index (χ2n) is 5.02. The number of rotatable bonds is 2. The number of H-pyrrole nitrogens is 1. The minimum Gasteiger partial charge on any atom is -0.347 e. The molecule has 1 aromatic carbocycles. The third kappa shape index (κ3) is 2.51. The van der Waals surface area contributed by atoms with Gasteiger partial charge in [-0.25, -0.2) is 4.98 Å². The molecule has 1 amide bonds. The van der Waals surface area contributed by atoms with Crippen LogP contribution < -0.4 is 10.2 Å². The normalized spacial score (nSPS) is 16.9. The summed E-state index contributed by atoms with van der Waals surface area (Å²) in [5.74, 6) is -0.00615. The van der Waals surface area contributed by atoms with Crippen molar-refractivity contribution in [3.8, 4) is 6.07 Å². The second-order valence-corrected chi connectivity index (χ2v) is 5.02. The summed E-state index contributed by atoms with van der Waals surface area (Å²) in [5.41, 5.74) is 3.34. The molecule has 3 rings (SSSR count). The fraction of sp³-hybridized carbons (Fsp3) is 0.267. The van der Waals surface area contributed by atoms with Crippen molar-refractivity contribution in [2.75, 3.05) is 11.9 Å². The highest BCUT2D eigenvalue weighted by atomic mass is 16.2. The van der Waals surface area contributed by atoms with Gasteiger partial charge in [0.05, 0.1) is 35.4 Å². The molecule has 1 atom stereocenters. The van der Waals surface area contributed by atoms with Crippen molar-refractivity contribution in [2.45, 2.75) is 19.0 Å². The summed E-state index contributed by atoms with van der Waals surface area (Å²) in [7, 11) is 1.74. The molecule has 0 radical (unpaired) electrons. The van der Waals surface area contributed by atoms with Crippen LogP contribution in [0.15, 0.2) is 30.6 Å². The van der Waals surface area contributed by atoms with Gasteiger partial charge in [-0.1, -0.05) is 0 Å². The van der Waals surface area contributed by atoms with Gasteiger partial charge in [0.15, 0.2) is 0 Å². The van der Waals surface area contributed by atoms with Crippen LogP contribution in [0.5, 0.6) is 0 Å². The van der Waals surface area contributed by atoms with Gasteiger partial charge in [-0.2, -0.15) is 5.26 Å². The number of amides is 1. The SMILES string of the molecule is CN(C(=O)C1Cc2nc[nH]c2CN1)c1ccc(C#N)cc1. The molecular formula is C15H15N5O. The summed E-state index contributed by atoms with van der Waals surface area (Å²) in [4.78, 5) is 21.5. The number of likely N-dealkylation sites (N-methyl/N-ethyl adjacent to an activating group) is 1. The van der Waals surface area contributed by atoms with Crippen LogP contribution in [-0.4, -0.2) is 29.0 Å². The molecule has 106 valence electrons. The molecule has 2 N–H and O–H groups in total. The Morgan fingerprint density at radius 3 is 2.90 bits per heavy atom. The Hall–Kier alpha value is -2.65. The predicted molar refractivity (Wildman–Crippen MR) is 77.5 cm³/mol. The number of carbonyl (C=O) groups excluding carboxylic acids is 1. The number of nitrogens with one attached hydrogen (secondary N) is 2. The zero-order valence-corrected chi connectivity index (χ0v) is 11.6. The van der Waals surface area contributed by atoms with Gasteiger partial charge in [0.1, 0.15) is 0 Å². The highest BCUT2D eigenvalue weighted by Crippen LogP contribution is 2.18. The number of imidazole rings is 1. The van der Waals surface area contributed by atoms with E-state index in [9.17, 15) is 4.79 Å². The van der Waals surface area contributed by atoms with Gasteiger partial charge in [0.2, 0.25) is 5.91 Å². The molecule has 1 unspecified atom stereocenters. The van der Waals surface area contributed by atoms with Crippen molar-refractivity contribution in [3.63, 3.8) is 0 Å². The van der Waals surface area contributed by atoms with E-state index in [4.69, 9.17) is 5.26 Å². The molecule has 0 aliphatic carbocycles. The van der Waals surface area contributed by atoms with E-state index >= 15 is 0 Å². The van der Waals surface area contributed by atoms with Crippen LogP contribution in [0.2, 0.25) is 0 Å². The summed E-state index contributed by atoms with van der Waals surface area (Å²) >= 11 is 0. The first kappa shape index (κ1) is 13.3. The van der Waals surface area contributed by atoms with E-state index in [1.807, 2.05) is 0 Å². The minimum absolute atomic E-state index is 0.00615. The summed E-state index contributed by atoms with van der Waals surface area (Å²) in [6, 6.07) is 8.76. The molecular weight excluding hydrogens is 266 g/mol. The van der Waals surface area contributed by atoms with Gasteiger partial charge in [-0.05, 0) is 24.3 Å². The Morgan fingerprint density at radius 1 is 1.43 bits per heavy atom. The largest absolute Gasteiger partial charge is 0.347 e. The molecule has 1 aromatic heterocycles. The maximum Gasteiger partial charge on any atom is 0.244 e. The van der Waals surface area contributed by atoms with Crippen molar-refractivity contribution in [1.29, 1.82) is 5.26 Å². The van der Waals surface area contributed by atoms with E-state index in [1.54, 1.807) is 42.5 Å². The molecule has 0 fully saturated rings. The lowest BCUT2D eigenvalue weighted by molar-refractivity contribution is -0.120. The van der Waals surface area contributed by atoms with Crippen LogP contribution in [-0.2, 0) is 17.8 Å². The van der Waals surface area contributed by atoms with E-state index in [2.05, 4.69) is 21.4 Å². The number of carbonyl (C=O) groups is 1. The Morgan fingerprint density at radius 2 is 2.19 bits per heavy atom. The van der Waals surface area contributed by atoms with Crippen LogP contribution in [0.1, 0.15) is 17.0 Å². The maximum absolute atomic E-state index is 12.5. The number of anilines is 1. The molecule has 21 heavy (non-hydrogen) atoms. The zero-order valence-electron chi connectivity index (χ0n) is 11.6. The number of nitriles is 1. The molecule has 0 bridgehead atoms. The number of aromatic amines is 1. The van der Waals surface area contributed by atoms with E-state index in [0.717, 1.165) is 17.1 Å². The molecule has 0 saturated heterocycles. The Bertz CT molecular complexity index is 698. The van der Waals surface area contributed by atoms with Crippen LogP contribution in [0.3, 0.4) is 0 Å². The van der Waals surface area contributed by atoms with Gasteiger partial charge < -0.3 is 9.88 Å². The Kier molecular flexibility index (Phi) is 3.42. The number of hydrogen-bond donors (Lipinski definition) is 2. The first-order valence-electron chi connectivity index (χ1n) is 6.71. The summed E-state index contributed by atoms with van der Waals surface area (Å²) in [6.07, 6.45) is 2.24. The smallest absolute Gasteiger partial charge is 0.244 e. The summed E-state index contributed by atoms with van der Waals surface area (Å²) in [6.45, 7) is 0.618. The van der Waals surface area contributed by atoms with Gasteiger partial charge in [0, 0.05) is 25.7 Å². The number of hydrogen-bond acceptors (Lipinski definition) is 4. The molecule has 6 nitrogen and oxygen atoms in total. The number of aromatic nitrogens is 2. The lowest BCUT2D eigenvalue weighted by atomic mass is 10.0. The lowest BCUT2D eigenvalue weighted by Crippen LogP contribution is -2.48. The molecule has 6 heteroatoms. The van der Waals surface area contributed by atoms with E-state index in [-0.39, 0.29) is 11.9 Å². The highest BCUT2D eigenvalue weighted by Gasteiger charge is 2.28. The first-order chi connectivity index (χ1) is 10.2. The first-order valence-corrected chi connectivity index (χ1v) is 6.71. The fourth-order valence-corrected chi connectivity index (χ4v) is 2.46. The van der Waals surface area contributed by atoms with Crippen LogP contribution >= 0.6 is 0 Å². The fourth-order valence-electron chi connectivity index (χ4n) is 2.46. The topological polar surface area (TPSA) is 84.8 Å². The summed E-state index contributed by atoms with van der Waals surface area (Å²) < 4.78 is 0. The minimum atomic E-state index is -0.276. The van der Waals surface area contributed by atoms with Crippen molar-refractivity contribution >= 4 is 11.6 Å². The second kappa shape index (κ2) is 5.38. The monoisotopic (exact) mass is 281 g/mol. The van der Waals surface area contributed by atoms with Gasteiger partial charge in [-0.3, -0.25) is 10.1 Å². The van der Waals surface area contributed by atoms with Crippen molar-refractivity contribution < 1.29 is 4.79 Å². The molecule has 2 aromatic rings. The van der Waals surface area contributed by atoms with Crippen LogP contribution in [0, 0.1) is 11.3 Å². The maximum atomic E-state index is 12.5. The van der Waals surface area contributed by atoms with Crippen LogP contribution in [0.4, 0.5) is 5.69 Å². The zero-order chi connectivity index (χ0) is 14.8. The summed E-state index contributed by atoms with van der Waals surface area (Å²) in [5, 5.41) is 12.0. The predicted octanol–water partition coefficient (Wildman–Crippen LogP) is 0.959. The highest BCUT2D eigenvalue weighted by molar-refractivity contribution is 5.97. The molecule has 0 saturated carbocycles. The quantitative estimate of drug-likeness (QED) is 0.858. The lowest BCUT2D eigenvalue weighted by Gasteiger charge is -2.27. The average Bonchev–Trinajstić information content (AvgIpc) is 3.01. The number of benzene rings is 1. The third-order valence-corrected chi connectivity index (χ3v) is 3.74. The van der Waals surface area contributed by atoms with E-state index in [0.29, 0.717) is 18.5 Å². The Balaban J connectivity index is 1.74. The van der Waals surface area contributed by atoms with Crippen LogP contribution in [0.25, 0.3) is 0 Å². The molecule has 1 aliphatic heterocycles. The van der Waals surface area contributed by atoms with Crippen molar-refractivity contribution in [3.05, 3.63) is 47.5 Å². The van der Waals surface area contributed by atoms with Gasteiger partial charge in [-0.15, -0.1) is 0 Å². The number of fused-ring (bicyclic) bond motifs is 1. The standard InChI is InChI=1S/C15H15N5O/c1-20(11-4-2-10(7-16)3-5-11)15(21)13-6-12-14(8-17-13)19-9-18-12/h2-5,9,13,17H,6,8H2,1H3,(H,18,19). The van der Waals surface area contributed by atoms with Crippen molar-refractivity contribution in [1.82, 2.24) is 15.3 Å². The third-order valence-electron chi connectivity index (χ3n) is 3.74. The average molecular weight is 281 g/mol. The van der Waals surface area contributed by atoms with Gasteiger partial charge in [0.25, 0.3) is 0 Å². The van der Waals surface area contributed by atoms with E-state index < -0.39 is 0 Å². The molecule has 1 aliphatic rings. The van der Waals surface area contributed by atoms with Gasteiger partial charge >= 0.3 is 0 Å². The van der Waals surface area contributed by atoms with Crippen molar-refractivity contribution in [2.24, 2.45) is 0 Å². The molecule has 2 heterocycles. The number of nitrogens with zero attached hydrogens (tertiary/aromatic N) is 3. The van der Waals surface area contributed by atoms with E-state index in [1.165, 1.54) is 0 Å².